The molecule has 1 heterocycles. The van der Waals surface area contributed by atoms with Crippen molar-refractivity contribution in [3.63, 3.8) is 0 Å². The molecule has 0 N–H and O–H groups in total. The minimum atomic E-state index is -0.444. The molecule has 1 fully saturated rings. The summed E-state index contributed by atoms with van der Waals surface area (Å²) < 4.78 is 7.13. The number of benzene rings is 1. The molecule has 1 atom stereocenters. The van der Waals surface area contributed by atoms with Crippen LogP contribution in [-0.4, -0.2) is 11.4 Å². The van der Waals surface area contributed by atoms with Crippen molar-refractivity contribution in [2.24, 2.45) is 5.41 Å². The first-order chi connectivity index (χ1) is 8.64. The summed E-state index contributed by atoms with van der Waals surface area (Å²) in [6.45, 7) is 10.3. The number of rotatable bonds is 1. The van der Waals surface area contributed by atoms with Gasteiger partial charge in [-0.25, -0.2) is 0 Å². The highest BCUT2D eigenvalue weighted by atomic mass is 79.9. The summed E-state index contributed by atoms with van der Waals surface area (Å²) in [5.74, 6) is 0.172. The average molecular weight is 325 g/mol. The van der Waals surface area contributed by atoms with Crippen molar-refractivity contribution in [2.45, 2.75) is 52.7 Å². The van der Waals surface area contributed by atoms with E-state index in [9.17, 15) is 4.79 Å². The Labute approximate surface area is 123 Å². The van der Waals surface area contributed by atoms with Crippen LogP contribution < -0.4 is 0 Å². The SMILES string of the molecule is Cc1ccc(Br)cc1C1OC(C)(C)C(C)(C)CC1=O. The lowest BCUT2D eigenvalue weighted by molar-refractivity contribution is -0.186. The maximum atomic E-state index is 12.4. The van der Waals surface area contributed by atoms with Gasteiger partial charge in [-0.2, -0.15) is 0 Å². The summed E-state index contributed by atoms with van der Waals surface area (Å²) in [7, 11) is 0. The van der Waals surface area contributed by atoms with Crippen molar-refractivity contribution in [3.8, 4) is 0 Å². The van der Waals surface area contributed by atoms with E-state index in [0.717, 1.165) is 15.6 Å². The van der Waals surface area contributed by atoms with E-state index in [0.29, 0.717) is 6.42 Å². The third-order valence-electron chi connectivity index (χ3n) is 4.47. The van der Waals surface area contributed by atoms with Crippen molar-refractivity contribution in [2.75, 3.05) is 0 Å². The molecule has 1 aromatic rings. The van der Waals surface area contributed by atoms with Crippen LogP contribution in [0.15, 0.2) is 22.7 Å². The van der Waals surface area contributed by atoms with E-state index >= 15 is 0 Å². The van der Waals surface area contributed by atoms with Crippen LogP contribution in [0.1, 0.15) is 51.3 Å². The second-order valence-electron chi connectivity index (χ2n) is 6.54. The maximum Gasteiger partial charge on any atom is 0.166 e. The number of ether oxygens (including phenoxy) is 1. The van der Waals surface area contributed by atoms with Crippen LogP contribution in [0.2, 0.25) is 0 Å². The third-order valence-corrected chi connectivity index (χ3v) is 4.97. The lowest BCUT2D eigenvalue weighted by atomic mass is 9.70. The van der Waals surface area contributed by atoms with Gasteiger partial charge in [-0.1, -0.05) is 35.8 Å². The Hall–Kier alpha value is -0.670. The van der Waals surface area contributed by atoms with Gasteiger partial charge in [0.05, 0.1) is 5.60 Å². The molecule has 1 aliphatic rings. The first-order valence-electron chi connectivity index (χ1n) is 6.61. The van der Waals surface area contributed by atoms with Crippen LogP contribution >= 0.6 is 15.9 Å². The Kier molecular flexibility index (Phi) is 3.65. The average Bonchev–Trinajstić information content (AvgIpc) is 2.27. The summed E-state index contributed by atoms with van der Waals surface area (Å²) in [6.07, 6.45) is 0.108. The number of ketones is 1. The van der Waals surface area contributed by atoms with Gasteiger partial charge in [-0.3, -0.25) is 4.79 Å². The van der Waals surface area contributed by atoms with Crippen molar-refractivity contribution in [1.29, 1.82) is 0 Å². The van der Waals surface area contributed by atoms with E-state index in [2.05, 4.69) is 43.6 Å². The molecule has 0 saturated carbocycles. The van der Waals surface area contributed by atoms with E-state index in [1.165, 1.54) is 0 Å². The zero-order chi connectivity index (χ0) is 14.4. The van der Waals surface area contributed by atoms with Crippen LogP contribution in [-0.2, 0) is 9.53 Å². The Morgan fingerprint density at radius 2 is 1.89 bits per heavy atom. The molecule has 2 rings (SSSR count). The number of halogens is 1. The van der Waals surface area contributed by atoms with Gasteiger partial charge in [0, 0.05) is 16.3 Å². The molecule has 1 saturated heterocycles. The van der Waals surface area contributed by atoms with Gasteiger partial charge in [0.1, 0.15) is 6.10 Å². The van der Waals surface area contributed by atoms with Crippen LogP contribution in [0.5, 0.6) is 0 Å². The number of hydrogen-bond acceptors (Lipinski definition) is 2. The summed E-state index contributed by atoms with van der Waals surface area (Å²) >= 11 is 3.47. The van der Waals surface area contributed by atoms with Gasteiger partial charge < -0.3 is 4.74 Å². The van der Waals surface area contributed by atoms with E-state index in [1.807, 2.05) is 25.1 Å². The molecular weight excluding hydrogens is 304 g/mol. The molecule has 3 heteroatoms. The quantitative estimate of drug-likeness (QED) is 0.755. The van der Waals surface area contributed by atoms with Crippen LogP contribution in [0, 0.1) is 12.3 Å². The lowest BCUT2D eigenvalue weighted by Gasteiger charge is -2.47. The molecule has 0 amide bonds. The number of hydrogen-bond donors (Lipinski definition) is 0. The molecule has 1 aromatic carbocycles. The molecule has 0 radical (unpaired) electrons. The van der Waals surface area contributed by atoms with Gasteiger partial charge in [0.15, 0.2) is 5.78 Å². The van der Waals surface area contributed by atoms with E-state index in [4.69, 9.17) is 4.74 Å². The second-order valence-corrected chi connectivity index (χ2v) is 7.45. The molecule has 1 unspecified atom stereocenters. The first-order valence-corrected chi connectivity index (χ1v) is 7.40. The zero-order valence-corrected chi connectivity index (χ0v) is 13.8. The molecule has 0 spiro atoms. The zero-order valence-electron chi connectivity index (χ0n) is 12.2. The Balaban J connectivity index is 2.41. The first kappa shape index (κ1) is 14.7. The molecule has 104 valence electrons. The fraction of sp³-hybridized carbons (Fsp3) is 0.562. The second kappa shape index (κ2) is 4.71. The molecule has 0 aromatic heterocycles. The predicted octanol–water partition coefficient (Wildman–Crippen LogP) is 4.59. The minimum absolute atomic E-state index is 0.138. The Morgan fingerprint density at radius 1 is 1.26 bits per heavy atom. The van der Waals surface area contributed by atoms with E-state index in [1.54, 1.807) is 0 Å². The Morgan fingerprint density at radius 3 is 2.53 bits per heavy atom. The fourth-order valence-electron chi connectivity index (χ4n) is 2.39. The number of carbonyl (C=O) groups is 1. The summed E-state index contributed by atoms with van der Waals surface area (Å²) in [4.78, 5) is 12.4. The molecule has 0 bridgehead atoms. The Bertz CT molecular complexity index is 517. The monoisotopic (exact) mass is 324 g/mol. The molecule has 19 heavy (non-hydrogen) atoms. The van der Waals surface area contributed by atoms with Gasteiger partial charge in [-0.05, 0) is 44.0 Å². The maximum absolute atomic E-state index is 12.4. The van der Waals surface area contributed by atoms with E-state index < -0.39 is 6.10 Å². The molecule has 0 aliphatic carbocycles. The van der Waals surface area contributed by atoms with Gasteiger partial charge in [0.25, 0.3) is 0 Å². The highest BCUT2D eigenvalue weighted by Crippen LogP contribution is 2.47. The van der Waals surface area contributed by atoms with Crippen molar-refractivity contribution in [1.82, 2.24) is 0 Å². The minimum Gasteiger partial charge on any atom is -0.359 e. The third kappa shape index (κ3) is 2.63. The molecule has 2 nitrogen and oxygen atoms in total. The van der Waals surface area contributed by atoms with Crippen LogP contribution in [0.25, 0.3) is 0 Å². The topological polar surface area (TPSA) is 26.3 Å². The summed E-state index contributed by atoms with van der Waals surface area (Å²) in [6, 6.07) is 6.00. The molecular formula is C16H21BrO2. The smallest absolute Gasteiger partial charge is 0.166 e. The number of carbonyl (C=O) groups excluding carboxylic acids is 1. The highest BCUT2D eigenvalue weighted by Gasteiger charge is 2.48. The van der Waals surface area contributed by atoms with Crippen LogP contribution in [0.4, 0.5) is 0 Å². The van der Waals surface area contributed by atoms with Gasteiger partial charge >= 0.3 is 0 Å². The van der Waals surface area contributed by atoms with E-state index in [-0.39, 0.29) is 16.8 Å². The predicted molar refractivity (Wildman–Crippen MR) is 80.2 cm³/mol. The van der Waals surface area contributed by atoms with Crippen molar-refractivity contribution in [3.05, 3.63) is 33.8 Å². The standard InChI is InChI=1S/C16H21BrO2/c1-10-6-7-11(17)8-12(10)14-13(18)9-15(2,3)16(4,5)19-14/h6-8,14H,9H2,1-5H3. The van der Waals surface area contributed by atoms with Crippen molar-refractivity contribution >= 4 is 21.7 Å². The van der Waals surface area contributed by atoms with Gasteiger partial charge in [0.2, 0.25) is 0 Å². The number of aryl methyl sites for hydroxylation is 1. The highest BCUT2D eigenvalue weighted by molar-refractivity contribution is 9.10. The van der Waals surface area contributed by atoms with Gasteiger partial charge in [-0.15, -0.1) is 0 Å². The lowest BCUT2D eigenvalue weighted by Crippen LogP contribution is -2.50. The fourth-order valence-corrected chi connectivity index (χ4v) is 2.77. The van der Waals surface area contributed by atoms with Crippen molar-refractivity contribution < 1.29 is 9.53 Å². The number of Topliss-reactive ketones (excluding diaryl/α,β-unsaturated/α-hetero) is 1. The van der Waals surface area contributed by atoms with Crippen LogP contribution in [0.3, 0.4) is 0 Å². The largest absolute Gasteiger partial charge is 0.359 e. The molecule has 1 aliphatic heterocycles. The summed E-state index contributed by atoms with van der Waals surface area (Å²) in [5, 5.41) is 0. The normalized spacial score (nSPS) is 25.4. The summed E-state index contributed by atoms with van der Waals surface area (Å²) in [5.41, 5.74) is 1.61.